The number of ether oxygens (including phenoxy) is 1. The summed E-state index contributed by atoms with van der Waals surface area (Å²) in [5, 5.41) is 4.82. The second kappa shape index (κ2) is 9.38. The molecule has 8 nitrogen and oxygen atoms in total. The first-order valence-corrected chi connectivity index (χ1v) is 9.62. The number of carbonyl (C=O) groups excluding carboxylic acids is 3. The molecule has 1 saturated heterocycles. The molecule has 1 aromatic heterocycles. The molecular weight excluding hydrogens is 372 g/mol. The Morgan fingerprint density at radius 1 is 1.07 bits per heavy atom. The molecule has 1 fully saturated rings. The van der Waals surface area contributed by atoms with E-state index >= 15 is 0 Å². The van der Waals surface area contributed by atoms with Crippen molar-refractivity contribution in [1.29, 1.82) is 0 Å². The molecule has 2 heterocycles. The summed E-state index contributed by atoms with van der Waals surface area (Å²) in [6, 6.07) is 12.1. The van der Waals surface area contributed by atoms with E-state index in [2.05, 4.69) is 15.5 Å². The van der Waals surface area contributed by atoms with E-state index in [1.54, 1.807) is 6.07 Å². The smallest absolute Gasteiger partial charge is 0.354 e. The Labute approximate surface area is 169 Å². The molecule has 0 bridgehead atoms. The summed E-state index contributed by atoms with van der Waals surface area (Å²) in [6.07, 6.45) is 3.43. The van der Waals surface area contributed by atoms with E-state index in [1.807, 2.05) is 47.2 Å². The highest BCUT2D eigenvalue weighted by Gasteiger charge is 2.33. The van der Waals surface area contributed by atoms with Crippen LogP contribution < -0.4 is 10.6 Å². The third kappa shape index (κ3) is 4.65. The Hall–Kier alpha value is -3.13. The molecular formula is C21H26N4O4. The lowest BCUT2D eigenvalue weighted by Gasteiger charge is -2.37. The molecule has 0 saturated carbocycles. The number of nitrogens with one attached hydrogen (secondary N) is 2. The number of piperidine rings is 1. The first-order valence-electron chi connectivity index (χ1n) is 9.62. The average molecular weight is 398 g/mol. The van der Waals surface area contributed by atoms with Crippen molar-refractivity contribution in [3.8, 4) is 0 Å². The molecule has 1 atom stereocenters. The van der Waals surface area contributed by atoms with Gasteiger partial charge in [-0.2, -0.15) is 0 Å². The zero-order valence-electron chi connectivity index (χ0n) is 16.6. The minimum Gasteiger partial charge on any atom is -0.464 e. The predicted octanol–water partition coefficient (Wildman–Crippen LogP) is 2.11. The standard InChI is InChI=1S/C21H26N4O4/c1-22-21(28)23-19(26)18(15-7-4-3-5-8-15)24-13-10-16(11-14-24)25-12-6-9-17(25)20(27)29-2/h3-9,12,16,18H,10-11,13-14H2,1-2H3,(H2,22,23,26,28). The van der Waals surface area contributed by atoms with Gasteiger partial charge in [0.25, 0.3) is 0 Å². The fourth-order valence-electron chi connectivity index (χ4n) is 3.82. The minimum absolute atomic E-state index is 0.147. The fraction of sp³-hybridized carbons (Fsp3) is 0.381. The number of amides is 3. The Morgan fingerprint density at radius 3 is 2.38 bits per heavy atom. The third-order valence-corrected chi connectivity index (χ3v) is 5.26. The molecule has 8 heteroatoms. The van der Waals surface area contributed by atoms with Gasteiger partial charge in [-0.1, -0.05) is 30.3 Å². The lowest BCUT2D eigenvalue weighted by Crippen LogP contribution is -2.47. The van der Waals surface area contributed by atoms with Gasteiger partial charge in [0.2, 0.25) is 5.91 Å². The van der Waals surface area contributed by atoms with E-state index in [1.165, 1.54) is 14.2 Å². The van der Waals surface area contributed by atoms with Gasteiger partial charge in [-0.05, 0) is 30.5 Å². The van der Waals surface area contributed by atoms with Crippen molar-refractivity contribution < 1.29 is 19.1 Å². The molecule has 1 unspecified atom stereocenters. The lowest BCUT2D eigenvalue weighted by atomic mass is 9.98. The van der Waals surface area contributed by atoms with Crippen LogP contribution >= 0.6 is 0 Å². The van der Waals surface area contributed by atoms with E-state index in [4.69, 9.17) is 4.74 Å². The van der Waals surface area contributed by atoms with E-state index in [9.17, 15) is 14.4 Å². The van der Waals surface area contributed by atoms with Crippen LogP contribution in [-0.4, -0.2) is 54.6 Å². The second-order valence-electron chi connectivity index (χ2n) is 6.94. The van der Waals surface area contributed by atoms with Crippen molar-refractivity contribution in [3.63, 3.8) is 0 Å². The first-order chi connectivity index (χ1) is 14.0. The maximum absolute atomic E-state index is 12.8. The van der Waals surface area contributed by atoms with Gasteiger partial charge in [-0.25, -0.2) is 9.59 Å². The summed E-state index contributed by atoms with van der Waals surface area (Å²) in [4.78, 5) is 38.5. The monoisotopic (exact) mass is 398 g/mol. The van der Waals surface area contributed by atoms with Gasteiger partial charge in [-0.15, -0.1) is 0 Å². The molecule has 29 heavy (non-hydrogen) atoms. The number of benzene rings is 1. The van der Waals surface area contributed by atoms with Crippen molar-refractivity contribution in [2.45, 2.75) is 24.9 Å². The zero-order chi connectivity index (χ0) is 20.8. The van der Waals surface area contributed by atoms with Crippen molar-refractivity contribution in [2.75, 3.05) is 27.2 Å². The van der Waals surface area contributed by atoms with Crippen LogP contribution in [0.5, 0.6) is 0 Å². The number of hydrogen-bond donors (Lipinski definition) is 2. The minimum atomic E-state index is -0.556. The molecule has 154 valence electrons. The molecule has 2 aromatic rings. The van der Waals surface area contributed by atoms with Crippen molar-refractivity contribution >= 4 is 17.9 Å². The molecule has 1 aromatic carbocycles. The van der Waals surface area contributed by atoms with Crippen LogP contribution in [0.2, 0.25) is 0 Å². The third-order valence-electron chi connectivity index (χ3n) is 5.26. The molecule has 0 aliphatic carbocycles. The number of aromatic nitrogens is 1. The fourth-order valence-corrected chi connectivity index (χ4v) is 3.82. The number of nitrogens with zero attached hydrogens (tertiary/aromatic N) is 2. The number of imide groups is 1. The van der Waals surface area contributed by atoms with Crippen LogP contribution in [0.3, 0.4) is 0 Å². The summed E-state index contributed by atoms with van der Waals surface area (Å²) in [5.74, 6) is -0.713. The van der Waals surface area contributed by atoms with Crippen LogP contribution in [0.1, 0.15) is 41.0 Å². The SMILES string of the molecule is CNC(=O)NC(=O)C(c1ccccc1)N1CCC(n2cccc2C(=O)OC)CC1. The Kier molecular flexibility index (Phi) is 6.66. The van der Waals surface area contributed by atoms with Crippen molar-refractivity contribution in [1.82, 2.24) is 20.1 Å². The van der Waals surface area contributed by atoms with Gasteiger partial charge in [-0.3, -0.25) is 15.0 Å². The number of hydrogen-bond acceptors (Lipinski definition) is 5. The van der Waals surface area contributed by atoms with Gasteiger partial charge in [0.15, 0.2) is 0 Å². The lowest BCUT2D eigenvalue weighted by molar-refractivity contribution is -0.126. The van der Waals surface area contributed by atoms with Crippen molar-refractivity contribution in [3.05, 3.63) is 59.9 Å². The van der Waals surface area contributed by atoms with Crippen LogP contribution in [0, 0.1) is 0 Å². The summed E-state index contributed by atoms with van der Waals surface area (Å²) in [5.41, 5.74) is 1.37. The van der Waals surface area contributed by atoms with Crippen LogP contribution in [0.15, 0.2) is 48.7 Å². The maximum atomic E-state index is 12.8. The van der Waals surface area contributed by atoms with E-state index in [0.717, 1.165) is 18.4 Å². The van der Waals surface area contributed by atoms with Gasteiger partial charge in [0.05, 0.1) is 7.11 Å². The molecule has 3 amide bonds. The predicted molar refractivity (Wildman–Crippen MR) is 107 cm³/mol. The maximum Gasteiger partial charge on any atom is 0.354 e. The number of urea groups is 1. The number of methoxy groups -OCH3 is 1. The van der Waals surface area contributed by atoms with Crippen LogP contribution in [0.4, 0.5) is 4.79 Å². The van der Waals surface area contributed by atoms with Gasteiger partial charge < -0.3 is 14.6 Å². The summed E-state index contributed by atoms with van der Waals surface area (Å²) in [6.45, 7) is 1.31. The molecule has 3 rings (SSSR count). The Morgan fingerprint density at radius 2 is 1.76 bits per heavy atom. The molecule has 1 aliphatic heterocycles. The normalized spacial score (nSPS) is 16.1. The highest BCUT2D eigenvalue weighted by Crippen LogP contribution is 2.30. The number of esters is 1. The van der Waals surface area contributed by atoms with Crippen molar-refractivity contribution in [2.24, 2.45) is 0 Å². The van der Waals surface area contributed by atoms with Crippen LogP contribution in [0.25, 0.3) is 0 Å². The molecule has 2 N–H and O–H groups in total. The highest BCUT2D eigenvalue weighted by molar-refractivity contribution is 5.97. The van der Waals surface area contributed by atoms with Crippen LogP contribution in [-0.2, 0) is 9.53 Å². The molecule has 1 aliphatic rings. The molecule has 0 spiro atoms. The Bertz CT molecular complexity index is 857. The molecule has 0 radical (unpaired) electrons. The quantitative estimate of drug-likeness (QED) is 0.753. The summed E-state index contributed by atoms with van der Waals surface area (Å²) >= 11 is 0. The number of rotatable bonds is 5. The zero-order valence-corrected chi connectivity index (χ0v) is 16.6. The number of likely N-dealkylation sites (tertiary alicyclic amines) is 1. The Balaban J connectivity index is 1.75. The van der Waals surface area contributed by atoms with E-state index in [0.29, 0.717) is 18.8 Å². The van der Waals surface area contributed by atoms with E-state index < -0.39 is 12.1 Å². The van der Waals surface area contributed by atoms with Gasteiger partial charge >= 0.3 is 12.0 Å². The summed E-state index contributed by atoms with van der Waals surface area (Å²) < 4.78 is 6.81. The first kappa shape index (κ1) is 20.6. The number of carbonyl (C=O) groups is 3. The van der Waals surface area contributed by atoms with Gasteiger partial charge in [0.1, 0.15) is 11.7 Å². The summed E-state index contributed by atoms with van der Waals surface area (Å²) in [7, 11) is 2.85. The van der Waals surface area contributed by atoms with E-state index in [-0.39, 0.29) is 17.9 Å². The average Bonchev–Trinajstić information content (AvgIpc) is 3.24. The highest BCUT2D eigenvalue weighted by atomic mass is 16.5. The topological polar surface area (TPSA) is 92.7 Å². The second-order valence-corrected chi connectivity index (χ2v) is 6.94. The van der Waals surface area contributed by atoms with Gasteiger partial charge in [0, 0.05) is 32.4 Å². The largest absolute Gasteiger partial charge is 0.464 e.